The number of benzene rings is 1. The highest BCUT2D eigenvalue weighted by Gasteiger charge is 2.30. The van der Waals surface area contributed by atoms with Gasteiger partial charge in [-0.05, 0) is 31.0 Å². The summed E-state index contributed by atoms with van der Waals surface area (Å²) < 4.78 is 39.7. The van der Waals surface area contributed by atoms with E-state index in [1.807, 2.05) is 0 Å². The van der Waals surface area contributed by atoms with Gasteiger partial charge < -0.3 is 15.8 Å². The van der Waals surface area contributed by atoms with Crippen molar-refractivity contribution in [3.05, 3.63) is 29.8 Å². The zero-order valence-corrected chi connectivity index (χ0v) is 12.3. The van der Waals surface area contributed by atoms with Crippen molar-refractivity contribution in [2.75, 3.05) is 6.54 Å². The highest BCUT2D eigenvalue weighted by atomic mass is 35.5. The average Bonchev–Trinajstić information content (AvgIpc) is 2.36. The first-order valence-electron chi connectivity index (χ1n) is 6.14. The molecule has 21 heavy (non-hydrogen) atoms. The van der Waals surface area contributed by atoms with Gasteiger partial charge in [0, 0.05) is 19.0 Å². The Balaban J connectivity index is 0.00000400. The second-order valence-corrected chi connectivity index (χ2v) is 4.40. The van der Waals surface area contributed by atoms with E-state index in [-0.39, 0.29) is 36.5 Å². The van der Waals surface area contributed by atoms with E-state index in [0.717, 1.165) is 5.56 Å². The highest BCUT2D eigenvalue weighted by molar-refractivity contribution is 5.85. The quantitative estimate of drug-likeness (QED) is 0.843. The maximum absolute atomic E-state index is 12.0. The smallest absolute Gasteiger partial charge is 0.406 e. The monoisotopic (exact) mass is 326 g/mol. The number of amides is 1. The summed E-state index contributed by atoms with van der Waals surface area (Å²) in [6.45, 7) is 2.15. The number of hydrogen-bond acceptors (Lipinski definition) is 3. The maximum Gasteiger partial charge on any atom is 0.573 e. The molecule has 120 valence electrons. The Bertz CT molecular complexity index is 438. The Morgan fingerprint density at radius 2 is 1.90 bits per heavy atom. The molecule has 0 unspecified atom stereocenters. The van der Waals surface area contributed by atoms with Gasteiger partial charge in [0.15, 0.2) is 0 Å². The third-order valence-electron chi connectivity index (χ3n) is 2.56. The van der Waals surface area contributed by atoms with Gasteiger partial charge in [0.25, 0.3) is 0 Å². The summed E-state index contributed by atoms with van der Waals surface area (Å²) >= 11 is 0. The topological polar surface area (TPSA) is 64.3 Å². The second-order valence-electron chi connectivity index (χ2n) is 4.40. The molecule has 0 aliphatic carbocycles. The van der Waals surface area contributed by atoms with Gasteiger partial charge in [-0.25, -0.2) is 0 Å². The number of alkyl halides is 3. The molecule has 1 amide bonds. The molecule has 0 aliphatic heterocycles. The van der Waals surface area contributed by atoms with Crippen LogP contribution in [0.25, 0.3) is 0 Å². The summed E-state index contributed by atoms with van der Waals surface area (Å²) in [5, 5.41) is 2.70. The van der Waals surface area contributed by atoms with Crippen LogP contribution in [0.5, 0.6) is 5.75 Å². The van der Waals surface area contributed by atoms with Crippen LogP contribution in [-0.2, 0) is 11.2 Å². The van der Waals surface area contributed by atoms with Crippen molar-refractivity contribution < 1.29 is 22.7 Å². The zero-order valence-electron chi connectivity index (χ0n) is 11.4. The third-order valence-corrected chi connectivity index (χ3v) is 2.56. The summed E-state index contributed by atoms with van der Waals surface area (Å²) in [4.78, 5) is 11.5. The van der Waals surface area contributed by atoms with Crippen LogP contribution in [0.3, 0.4) is 0 Å². The fourth-order valence-electron chi connectivity index (χ4n) is 1.52. The van der Waals surface area contributed by atoms with Gasteiger partial charge in [-0.2, -0.15) is 0 Å². The SMILES string of the molecule is C[C@@H](CN)NC(=O)CCc1ccc(OC(F)(F)F)cc1.Cl. The van der Waals surface area contributed by atoms with Gasteiger partial charge in [0.05, 0.1) is 0 Å². The van der Waals surface area contributed by atoms with E-state index in [2.05, 4.69) is 10.1 Å². The van der Waals surface area contributed by atoms with E-state index >= 15 is 0 Å². The molecule has 1 aromatic rings. The van der Waals surface area contributed by atoms with Crippen LogP contribution in [0.15, 0.2) is 24.3 Å². The van der Waals surface area contributed by atoms with Gasteiger partial charge in [-0.1, -0.05) is 12.1 Å². The number of carbonyl (C=O) groups is 1. The van der Waals surface area contributed by atoms with E-state index in [0.29, 0.717) is 13.0 Å². The molecule has 0 saturated carbocycles. The number of rotatable bonds is 6. The predicted octanol–water partition coefficient (Wildman–Crippen LogP) is 2.40. The molecule has 0 radical (unpaired) electrons. The Morgan fingerprint density at radius 3 is 2.38 bits per heavy atom. The molecule has 8 heteroatoms. The fourth-order valence-corrected chi connectivity index (χ4v) is 1.52. The molecule has 0 heterocycles. The van der Waals surface area contributed by atoms with Crippen LogP contribution in [0.1, 0.15) is 18.9 Å². The summed E-state index contributed by atoms with van der Waals surface area (Å²) in [7, 11) is 0. The first-order chi connectivity index (χ1) is 9.30. The Labute approximate surface area is 127 Å². The van der Waals surface area contributed by atoms with E-state index in [4.69, 9.17) is 5.73 Å². The third kappa shape index (κ3) is 8.41. The van der Waals surface area contributed by atoms with Crippen LogP contribution in [0.2, 0.25) is 0 Å². The minimum atomic E-state index is -4.69. The van der Waals surface area contributed by atoms with Crippen LogP contribution in [0.4, 0.5) is 13.2 Å². The van der Waals surface area contributed by atoms with Crippen LogP contribution < -0.4 is 15.8 Å². The lowest BCUT2D eigenvalue weighted by Crippen LogP contribution is -2.37. The molecule has 0 aliphatic rings. The molecule has 0 aromatic heterocycles. The van der Waals surface area contributed by atoms with Crippen molar-refractivity contribution in [2.45, 2.75) is 32.2 Å². The molecule has 0 fully saturated rings. The first-order valence-corrected chi connectivity index (χ1v) is 6.14. The maximum atomic E-state index is 12.0. The summed E-state index contributed by atoms with van der Waals surface area (Å²) in [5.41, 5.74) is 6.13. The number of aryl methyl sites for hydroxylation is 1. The first kappa shape index (κ1) is 19.5. The molecular formula is C13H18ClF3N2O2. The fraction of sp³-hybridized carbons (Fsp3) is 0.462. The van der Waals surface area contributed by atoms with Crippen LogP contribution in [-0.4, -0.2) is 24.9 Å². The van der Waals surface area contributed by atoms with Crippen LogP contribution >= 0.6 is 12.4 Å². The number of nitrogens with one attached hydrogen (secondary N) is 1. The summed E-state index contributed by atoms with van der Waals surface area (Å²) in [6, 6.07) is 5.36. The van der Waals surface area contributed by atoms with E-state index in [1.54, 1.807) is 6.92 Å². The largest absolute Gasteiger partial charge is 0.573 e. The van der Waals surface area contributed by atoms with Crippen molar-refractivity contribution >= 4 is 18.3 Å². The normalized spacial score (nSPS) is 12.2. The molecule has 1 atom stereocenters. The van der Waals surface area contributed by atoms with Crippen molar-refractivity contribution in [1.82, 2.24) is 5.32 Å². The molecular weight excluding hydrogens is 309 g/mol. The van der Waals surface area contributed by atoms with Crippen molar-refractivity contribution in [2.24, 2.45) is 5.73 Å². The number of hydrogen-bond donors (Lipinski definition) is 2. The lowest BCUT2D eigenvalue weighted by atomic mass is 10.1. The molecule has 4 nitrogen and oxygen atoms in total. The number of ether oxygens (including phenoxy) is 1. The number of nitrogens with two attached hydrogens (primary N) is 1. The van der Waals surface area contributed by atoms with Crippen molar-refractivity contribution in [1.29, 1.82) is 0 Å². The Morgan fingerprint density at radius 1 is 1.33 bits per heavy atom. The van der Waals surface area contributed by atoms with E-state index < -0.39 is 6.36 Å². The Hall–Kier alpha value is -1.47. The predicted molar refractivity (Wildman–Crippen MR) is 75.4 cm³/mol. The molecule has 1 rings (SSSR count). The highest BCUT2D eigenvalue weighted by Crippen LogP contribution is 2.22. The van der Waals surface area contributed by atoms with Gasteiger partial charge >= 0.3 is 6.36 Å². The minimum Gasteiger partial charge on any atom is -0.406 e. The second kappa shape index (κ2) is 8.74. The Kier molecular flexibility index (Phi) is 8.12. The van der Waals surface area contributed by atoms with Crippen LogP contribution in [0, 0.1) is 0 Å². The van der Waals surface area contributed by atoms with E-state index in [1.165, 1.54) is 24.3 Å². The zero-order chi connectivity index (χ0) is 15.2. The summed E-state index contributed by atoms with van der Waals surface area (Å²) in [6.07, 6.45) is -4.00. The van der Waals surface area contributed by atoms with Gasteiger partial charge in [0.1, 0.15) is 5.75 Å². The number of carbonyl (C=O) groups excluding carboxylic acids is 1. The molecule has 0 saturated heterocycles. The van der Waals surface area contributed by atoms with Crippen molar-refractivity contribution in [3.63, 3.8) is 0 Å². The lowest BCUT2D eigenvalue weighted by molar-refractivity contribution is -0.274. The van der Waals surface area contributed by atoms with E-state index in [9.17, 15) is 18.0 Å². The molecule has 0 bridgehead atoms. The number of halogens is 4. The lowest BCUT2D eigenvalue weighted by Gasteiger charge is -2.11. The average molecular weight is 327 g/mol. The van der Waals surface area contributed by atoms with Crippen molar-refractivity contribution in [3.8, 4) is 5.75 Å². The van der Waals surface area contributed by atoms with Gasteiger partial charge in [0.2, 0.25) is 5.91 Å². The summed E-state index contributed by atoms with van der Waals surface area (Å²) in [5.74, 6) is -0.416. The molecule has 3 N–H and O–H groups in total. The standard InChI is InChI=1S/C13H17F3N2O2.ClH/c1-9(8-17)18-12(19)7-4-10-2-5-11(6-3-10)20-13(14,15)16;/h2-3,5-6,9H,4,7-8,17H2,1H3,(H,18,19);1H/t9-;/m0./s1. The van der Waals surface area contributed by atoms with Gasteiger partial charge in [-0.3, -0.25) is 4.79 Å². The molecule has 0 spiro atoms. The van der Waals surface area contributed by atoms with Gasteiger partial charge in [-0.15, -0.1) is 25.6 Å². The molecule has 1 aromatic carbocycles. The minimum absolute atomic E-state index is 0.